The molecule has 0 fully saturated rings. The number of esters is 1. The Balaban J connectivity index is 1.11. The van der Waals surface area contributed by atoms with E-state index >= 15 is 0 Å². The molecule has 3 aromatic rings. The van der Waals surface area contributed by atoms with Crippen LogP contribution in [-0.4, -0.2) is 61.8 Å². The molecule has 0 N–H and O–H groups in total. The smallest absolute Gasteiger partial charge is 0.306 e. The fourth-order valence-corrected chi connectivity index (χ4v) is 5.58. The average Bonchev–Trinajstić information content (AvgIpc) is 3.07. The minimum absolute atomic E-state index is 0.0578. The number of fused-ring (bicyclic) bond motifs is 1. The average molecular weight is 628 g/mol. The molecule has 46 heavy (non-hydrogen) atoms. The molecule has 2 aliphatic rings. The monoisotopic (exact) mass is 627 g/mol. The molecule has 0 radical (unpaired) electrons. The van der Waals surface area contributed by atoms with Crippen molar-refractivity contribution in [2.75, 3.05) is 31.7 Å². The van der Waals surface area contributed by atoms with Crippen molar-refractivity contribution in [2.24, 2.45) is 5.16 Å². The first-order chi connectivity index (χ1) is 22.3. The molecule has 0 unspecified atom stereocenters. The number of carbonyl (C=O) groups excluding carboxylic acids is 1. The summed E-state index contributed by atoms with van der Waals surface area (Å²) in [6.45, 7) is 9.79. The summed E-state index contributed by atoms with van der Waals surface area (Å²) in [5, 5.41) is 4.32. The highest BCUT2D eigenvalue weighted by Crippen LogP contribution is 2.30. The van der Waals surface area contributed by atoms with Crippen LogP contribution < -0.4 is 14.4 Å². The lowest BCUT2D eigenvalue weighted by Gasteiger charge is -2.32. The molecule has 9 heteroatoms. The number of aromatic nitrogens is 1. The summed E-state index contributed by atoms with van der Waals surface area (Å²) in [5.74, 6) is 1.08. The van der Waals surface area contributed by atoms with E-state index < -0.39 is 12.2 Å². The maximum Gasteiger partial charge on any atom is 0.306 e. The van der Waals surface area contributed by atoms with E-state index in [0.29, 0.717) is 12.2 Å². The van der Waals surface area contributed by atoms with Crippen LogP contribution in [0.15, 0.2) is 78.0 Å². The zero-order valence-electron chi connectivity index (χ0n) is 27.5. The van der Waals surface area contributed by atoms with E-state index in [1.54, 1.807) is 7.11 Å². The second-order valence-corrected chi connectivity index (χ2v) is 12.0. The second kappa shape index (κ2) is 15.8. The molecule has 9 nitrogen and oxygen atoms in total. The van der Waals surface area contributed by atoms with Gasteiger partial charge < -0.3 is 28.7 Å². The zero-order valence-corrected chi connectivity index (χ0v) is 27.5. The first kappa shape index (κ1) is 33.0. The Morgan fingerprint density at radius 1 is 1.07 bits per heavy atom. The molecule has 1 aromatic heterocycles. The van der Waals surface area contributed by atoms with Crippen molar-refractivity contribution < 1.29 is 28.6 Å². The van der Waals surface area contributed by atoms with Gasteiger partial charge in [-0.2, -0.15) is 0 Å². The fraction of sp³-hybridized carbons (Fsp3) is 0.432. The molecule has 0 saturated carbocycles. The number of oxime groups is 1. The molecule has 244 valence electrons. The highest BCUT2D eigenvalue weighted by Gasteiger charge is 2.31. The predicted octanol–water partition coefficient (Wildman–Crippen LogP) is 6.71. The number of benzene rings is 2. The van der Waals surface area contributed by atoms with Gasteiger partial charge in [0.25, 0.3) is 0 Å². The molecule has 2 aromatic carbocycles. The summed E-state index contributed by atoms with van der Waals surface area (Å²) in [5.41, 5.74) is 6.39. The van der Waals surface area contributed by atoms with Crippen LogP contribution in [0.25, 0.3) is 0 Å². The topological polar surface area (TPSA) is 91.7 Å². The summed E-state index contributed by atoms with van der Waals surface area (Å²) in [6, 6.07) is 19.5. The molecule has 4 atom stereocenters. The van der Waals surface area contributed by atoms with Crippen LogP contribution in [0.4, 0.5) is 5.69 Å². The highest BCUT2D eigenvalue weighted by molar-refractivity contribution is 5.85. The summed E-state index contributed by atoms with van der Waals surface area (Å²) in [4.78, 5) is 25.7. The van der Waals surface area contributed by atoms with E-state index in [4.69, 9.17) is 28.8 Å². The Morgan fingerprint density at radius 3 is 2.59 bits per heavy atom. The van der Waals surface area contributed by atoms with Crippen LogP contribution in [0.2, 0.25) is 0 Å². The van der Waals surface area contributed by atoms with E-state index in [2.05, 4.69) is 30.0 Å². The second-order valence-electron chi connectivity index (χ2n) is 12.0. The molecule has 5 rings (SSSR count). The first-order valence-corrected chi connectivity index (χ1v) is 16.1. The predicted molar refractivity (Wildman–Crippen MR) is 179 cm³/mol. The van der Waals surface area contributed by atoms with Crippen molar-refractivity contribution in [2.45, 2.75) is 77.8 Å². The third kappa shape index (κ3) is 8.88. The molecule has 0 amide bonds. The summed E-state index contributed by atoms with van der Waals surface area (Å²) in [6.07, 6.45) is 5.33. The number of hydrogen-bond donors (Lipinski definition) is 0. The number of hydrogen-bond acceptors (Lipinski definition) is 9. The lowest BCUT2D eigenvalue weighted by atomic mass is 10.0. The normalized spacial score (nSPS) is 20.1. The van der Waals surface area contributed by atoms with E-state index in [-0.39, 0.29) is 31.2 Å². The quantitative estimate of drug-likeness (QED) is 0.0894. The Morgan fingerprint density at radius 2 is 1.83 bits per heavy atom. The third-order valence-corrected chi connectivity index (χ3v) is 8.29. The molecule has 0 saturated heterocycles. The van der Waals surface area contributed by atoms with Crippen LogP contribution in [0, 0.1) is 13.8 Å². The molecule has 2 aliphatic heterocycles. The number of pyridine rings is 1. The number of methoxy groups -OCH3 is 1. The van der Waals surface area contributed by atoms with Crippen LogP contribution in [0.5, 0.6) is 11.5 Å². The maximum absolute atomic E-state index is 12.8. The van der Waals surface area contributed by atoms with Gasteiger partial charge in [0, 0.05) is 12.2 Å². The Bertz CT molecular complexity index is 1510. The third-order valence-electron chi connectivity index (χ3n) is 8.29. The summed E-state index contributed by atoms with van der Waals surface area (Å²) in [7, 11) is 1.62. The lowest BCUT2D eigenvalue weighted by Crippen LogP contribution is -2.40. The van der Waals surface area contributed by atoms with E-state index in [0.717, 1.165) is 54.3 Å². The van der Waals surface area contributed by atoms with Crippen LogP contribution in [0.3, 0.4) is 0 Å². The summed E-state index contributed by atoms with van der Waals surface area (Å²) < 4.78 is 23.5. The van der Waals surface area contributed by atoms with Gasteiger partial charge in [0.15, 0.2) is 0 Å². The van der Waals surface area contributed by atoms with Gasteiger partial charge in [0.1, 0.15) is 42.5 Å². The molecular weight excluding hydrogens is 582 g/mol. The number of nitrogens with zero attached hydrogens (tertiary/aromatic N) is 3. The Kier molecular flexibility index (Phi) is 11.3. The fourth-order valence-electron chi connectivity index (χ4n) is 5.58. The maximum atomic E-state index is 12.8. The number of carbonyl (C=O) groups is 1. The first-order valence-electron chi connectivity index (χ1n) is 16.1. The van der Waals surface area contributed by atoms with Gasteiger partial charge in [0.2, 0.25) is 0 Å². The molecular formula is C37H45N3O6. The van der Waals surface area contributed by atoms with E-state index in [1.807, 2.05) is 80.6 Å². The zero-order chi connectivity index (χ0) is 32.5. The van der Waals surface area contributed by atoms with Crippen molar-refractivity contribution >= 4 is 17.4 Å². The van der Waals surface area contributed by atoms with Crippen molar-refractivity contribution in [3.05, 3.63) is 95.3 Å². The molecule has 3 heterocycles. The Hall–Kier alpha value is -4.37. The number of ether oxygens (including phenoxy) is 4. The van der Waals surface area contributed by atoms with Crippen molar-refractivity contribution in [3.63, 3.8) is 0 Å². The van der Waals surface area contributed by atoms with Gasteiger partial charge in [-0.1, -0.05) is 41.6 Å². The number of rotatable bonds is 13. The molecule has 0 spiro atoms. The minimum Gasteiger partial charge on any atom is -0.497 e. The van der Waals surface area contributed by atoms with Crippen molar-refractivity contribution in [1.29, 1.82) is 0 Å². The molecule has 0 aliphatic carbocycles. The van der Waals surface area contributed by atoms with Crippen molar-refractivity contribution in [3.8, 4) is 11.5 Å². The van der Waals surface area contributed by atoms with Crippen molar-refractivity contribution in [1.82, 2.24) is 4.98 Å². The van der Waals surface area contributed by atoms with Crippen LogP contribution in [-0.2, 0) is 25.5 Å². The lowest BCUT2D eigenvalue weighted by molar-refractivity contribution is -0.152. The minimum atomic E-state index is -0.497. The van der Waals surface area contributed by atoms with Crippen LogP contribution >= 0.6 is 0 Å². The number of aryl methyl sites for hydroxylation is 3. The standard InChI is InChI=1S/C37H45N3O6/c1-25-22-33-32(38-28(25)4)12-9-21-40(33)23-27(3)46-39-26(2)13-20-37(41)43-24-36-35(44-31-16-14-30(42-5)15-17-31)19-18-34(45-36)29-10-7-6-8-11-29/h6-8,10-11,14-19,22,27,34-36H,9,12-13,20-21,23-24H2,1-5H3/b39-26+/t27-,34+,35+,36-/m1/s1. The van der Waals surface area contributed by atoms with Gasteiger partial charge in [-0.25, -0.2) is 0 Å². The SMILES string of the molecule is COc1ccc(O[C@H]2C=C[C@@H](c3ccccc3)O[C@@H]2COC(=O)CC/C(C)=N/O[C@H](C)CN2CCCc3nc(C)c(C)cc32)cc1. The van der Waals surface area contributed by atoms with Gasteiger partial charge >= 0.3 is 5.97 Å². The van der Waals surface area contributed by atoms with E-state index in [1.165, 1.54) is 11.3 Å². The van der Waals surface area contributed by atoms with Gasteiger partial charge in [-0.3, -0.25) is 9.78 Å². The Labute approximate surface area is 272 Å². The highest BCUT2D eigenvalue weighted by atomic mass is 16.6. The van der Waals surface area contributed by atoms with Gasteiger partial charge in [-0.15, -0.1) is 0 Å². The van der Waals surface area contributed by atoms with Gasteiger partial charge in [-0.05, 0) is 94.5 Å². The molecule has 0 bridgehead atoms. The largest absolute Gasteiger partial charge is 0.497 e. The number of anilines is 1. The van der Waals surface area contributed by atoms with E-state index in [9.17, 15) is 4.79 Å². The van der Waals surface area contributed by atoms with Crippen LogP contribution in [0.1, 0.15) is 61.7 Å². The van der Waals surface area contributed by atoms with Gasteiger partial charge in [0.05, 0.1) is 37.2 Å². The summed E-state index contributed by atoms with van der Waals surface area (Å²) >= 11 is 0.